The number of aromatic nitrogens is 4. The number of carboxylic acids is 1. The van der Waals surface area contributed by atoms with Gasteiger partial charge < -0.3 is 85.6 Å². The zero-order valence-corrected chi connectivity index (χ0v) is 28.4. The van der Waals surface area contributed by atoms with Gasteiger partial charge in [-0.15, -0.1) is 0 Å². The molecule has 18 N–H and O–H groups in total. The molecule has 4 heterocycles. The number of phosphoric acid groups is 3. The molecular weight excluding hydrogens is 751 g/mol. The topological polar surface area (TPSA) is 471 Å². The van der Waals surface area contributed by atoms with Crippen LogP contribution in [0.3, 0.4) is 0 Å². The second-order valence-corrected chi connectivity index (χ2v) is 13.1. The molecule has 27 nitrogen and oxygen atoms in total. The summed E-state index contributed by atoms with van der Waals surface area (Å²) in [6.45, 7) is 1.53. The molecule has 0 aliphatic carbocycles. The molecule has 290 valence electrons. The molecule has 2 aliphatic heterocycles. The van der Waals surface area contributed by atoms with Crippen LogP contribution in [-0.4, -0.2) is 133 Å². The van der Waals surface area contributed by atoms with Gasteiger partial charge in [0.15, 0.2) is 17.4 Å². The summed E-state index contributed by atoms with van der Waals surface area (Å²) >= 11 is 0. The predicted molar refractivity (Wildman–Crippen MR) is 164 cm³/mol. The number of nitrogens with zero attached hydrogens (tertiary/aromatic N) is 3. The number of rotatable bonds is 8. The molecule has 2 amide bonds. The van der Waals surface area contributed by atoms with Crippen LogP contribution in [0.25, 0.3) is 11.2 Å². The lowest BCUT2D eigenvalue weighted by Gasteiger charge is -2.16. The van der Waals surface area contributed by atoms with Crippen molar-refractivity contribution in [3.05, 3.63) is 16.7 Å². The number of aliphatic hydroxyl groups excluding tert-OH is 3. The summed E-state index contributed by atoms with van der Waals surface area (Å²) in [6, 6.07) is 0.275. The van der Waals surface area contributed by atoms with E-state index in [2.05, 4.69) is 25.6 Å². The normalized spacial score (nSPS) is 23.0. The number of carbonyl (C=O) groups is 2. The third-order valence-electron chi connectivity index (χ3n) is 5.93. The van der Waals surface area contributed by atoms with Gasteiger partial charge in [0.25, 0.3) is 5.56 Å². The molecule has 4 rings (SSSR count). The van der Waals surface area contributed by atoms with Crippen LogP contribution in [0.2, 0.25) is 0 Å². The van der Waals surface area contributed by atoms with Gasteiger partial charge in [-0.2, -0.15) is 4.98 Å². The van der Waals surface area contributed by atoms with Crippen LogP contribution in [-0.2, 0) is 23.2 Å². The lowest BCUT2D eigenvalue weighted by molar-refractivity contribution is -0.137. The van der Waals surface area contributed by atoms with Gasteiger partial charge >= 0.3 is 35.5 Å². The van der Waals surface area contributed by atoms with E-state index in [9.17, 15) is 24.6 Å². The molecule has 0 unspecified atom stereocenters. The number of hydrogen-bond donors (Lipinski definition) is 17. The smallest absolute Gasteiger partial charge is 0.466 e. The zero-order chi connectivity index (χ0) is 39.2. The number of urea groups is 1. The van der Waals surface area contributed by atoms with Crippen molar-refractivity contribution < 1.29 is 92.5 Å². The second-order valence-electron chi connectivity index (χ2n) is 10.0. The lowest BCUT2D eigenvalue weighted by atomic mass is 10.0. The number of aromatic amines is 1. The van der Waals surface area contributed by atoms with Gasteiger partial charge in [-0.25, -0.2) is 23.5 Å². The van der Waals surface area contributed by atoms with E-state index >= 15 is 0 Å². The number of nitrogen functional groups attached to an aromatic ring is 1. The van der Waals surface area contributed by atoms with Gasteiger partial charge in [0, 0.05) is 12.5 Å². The number of nitrogens with one attached hydrogen (secondary N) is 3. The quantitative estimate of drug-likeness (QED) is 0.0886. The van der Waals surface area contributed by atoms with Gasteiger partial charge in [0.1, 0.15) is 18.3 Å². The Balaban J connectivity index is 0.000000700. The van der Waals surface area contributed by atoms with E-state index in [1.165, 1.54) is 10.9 Å². The number of hydrogen-bond acceptors (Lipinski definition) is 13. The number of unbranched alkanes of at least 4 members (excludes halogenated alkanes) is 2. The van der Waals surface area contributed by atoms with Crippen molar-refractivity contribution in [3.63, 3.8) is 0 Å². The minimum atomic E-state index is -4.64. The summed E-state index contributed by atoms with van der Waals surface area (Å²) in [5.41, 5.74) is 5.12. The molecule has 50 heavy (non-hydrogen) atoms. The highest BCUT2D eigenvalue weighted by Gasteiger charge is 2.44. The SMILES string of the molecule is C[C@@H]1NC(=O)N[C@@H]1CCCCCC(=O)O.Nc1nc2c(ncn2[C@@H]2O[C@H](CO)[C@@H](O)[C@H]2O)c(=O)[nH]1.O=P(O)(O)O.O=P(O)(O)O.O=P(O)(O)O. The van der Waals surface area contributed by atoms with E-state index in [-0.39, 0.29) is 41.6 Å². The molecule has 2 saturated heterocycles. The molecule has 2 aliphatic rings. The Kier molecular flexibility index (Phi) is 19.6. The van der Waals surface area contributed by atoms with Crippen molar-refractivity contribution in [2.75, 3.05) is 12.3 Å². The first-order valence-corrected chi connectivity index (χ1v) is 18.3. The van der Waals surface area contributed by atoms with E-state index in [1.54, 1.807) is 0 Å². The number of fused-ring (bicyclic) bond motifs is 1. The van der Waals surface area contributed by atoms with Crippen molar-refractivity contribution >= 4 is 52.6 Å². The maximum Gasteiger partial charge on any atom is 0.466 e. The zero-order valence-electron chi connectivity index (χ0n) is 25.7. The highest BCUT2D eigenvalue weighted by atomic mass is 31.2. The monoisotopic (exact) mass is 791 g/mol. The predicted octanol–water partition coefficient (Wildman–Crippen LogP) is -4.38. The summed E-state index contributed by atoms with van der Waals surface area (Å²) in [6.07, 6.45) is 0.533. The van der Waals surface area contributed by atoms with E-state index in [0.29, 0.717) is 0 Å². The van der Waals surface area contributed by atoms with Crippen LogP contribution < -0.4 is 21.9 Å². The first-order valence-electron chi connectivity index (χ1n) is 13.6. The third kappa shape index (κ3) is 21.3. The van der Waals surface area contributed by atoms with Gasteiger partial charge in [-0.1, -0.05) is 12.8 Å². The molecule has 2 fully saturated rings. The fourth-order valence-corrected chi connectivity index (χ4v) is 4.02. The van der Waals surface area contributed by atoms with Crippen LogP contribution in [0.5, 0.6) is 0 Å². The van der Waals surface area contributed by atoms with E-state index in [4.69, 9.17) is 78.4 Å². The minimum Gasteiger partial charge on any atom is -0.481 e. The Morgan fingerprint density at radius 2 is 1.44 bits per heavy atom. The lowest BCUT2D eigenvalue weighted by Crippen LogP contribution is -2.33. The maximum absolute atomic E-state index is 11.7. The van der Waals surface area contributed by atoms with Gasteiger partial charge in [-0.3, -0.25) is 19.1 Å². The number of carboxylic acid groups (broad SMARTS) is 1. The van der Waals surface area contributed by atoms with Crippen LogP contribution in [0.1, 0.15) is 45.3 Å². The molecule has 2 aromatic rings. The summed E-state index contributed by atoms with van der Waals surface area (Å²) in [4.78, 5) is 108. The number of aliphatic hydroxyl groups is 3. The molecule has 30 heteroatoms. The second kappa shape index (κ2) is 20.8. The molecule has 0 bridgehead atoms. The Hall–Kier alpha value is -2.94. The molecule has 0 spiro atoms. The first-order chi connectivity index (χ1) is 22.6. The van der Waals surface area contributed by atoms with Gasteiger partial charge in [0.05, 0.1) is 19.0 Å². The van der Waals surface area contributed by atoms with Crippen LogP contribution >= 0.6 is 23.5 Å². The fourth-order valence-electron chi connectivity index (χ4n) is 4.02. The van der Waals surface area contributed by atoms with Crippen LogP contribution in [0.4, 0.5) is 10.7 Å². The molecule has 2 aromatic heterocycles. The average Bonchev–Trinajstić information content (AvgIpc) is 3.56. The van der Waals surface area contributed by atoms with Crippen molar-refractivity contribution in [1.82, 2.24) is 30.2 Å². The summed E-state index contributed by atoms with van der Waals surface area (Å²) in [5, 5.41) is 42.8. The van der Waals surface area contributed by atoms with Crippen molar-refractivity contribution in [3.8, 4) is 0 Å². The average molecular weight is 791 g/mol. The van der Waals surface area contributed by atoms with Crippen molar-refractivity contribution in [2.24, 2.45) is 0 Å². The standard InChI is InChI=1S/C10H13N5O5.C10H18N2O3.3H3O4P/c11-10-13-7-4(8(19)14-10)12-2-15(7)9-6(18)5(17)3(1-16)20-9;1-7-8(12-10(15)11-7)5-3-2-4-6-9(13)14;3*1-5(2,3)4/h2-3,5-6,9,16-18H,1H2,(H3,11,13,14,19);7-8H,2-6H2,1H3,(H,13,14)(H2,11,12,15);3*(H3,1,2,3,4)/t3-,5-,6-,9-;7-,8+;;;/m10.../s1. The molecule has 0 aromatic carbocycles. The number of aliphatic carboxylic acids is 1. The Bertz CT molecular complexity index is 1500. The number of amides is 2. The van der Waals surface area contributed by atoms with E-state index < -0.39 is 66.1 Å². The Morgan fingerprint density at radius 3 is 1.86 bits per heavy atom. The highest BCUT2D eigenvalue weighted by Crippen LogP contribution is 2.31. The van der Waals surface area contributed by atoms with E-state index in [1.807, 2.05) is 6.92 Å². The fraction of sp³-hybridized carbons (Fsp3) is 0.650. The summed E-state index contributed by atoms with van der Waals surface area (Å²) in [7, 11) is -13.9. The molecule has 0 saturated carbocycles. The van der Waals surface area contributed by atoms with Gasteiger partial charge in [0.2, 0.25) is 5.95 Å². The molecule has 0 radical (unpaired) electrons. The number of carbonyl (C=O) groups excluding carboxylic acids is 1. The summed E-state index contributed by atoms with van der Waals surface area (Å²) in [5.74, 6) is -0.838. The highest BCUT2D eigenvalue weighted by molar-refractivity contribution is 7.45. The number of H-pyrrole nitrogens is 1. The molecular formula is C20H40N7O20P3. The van der Waals surface area contributed by atoms with E-state index in [0.717, 1.165) is 25.7 Å². The largest absolute Gasteiger partial charge is 0.481 e. The maximum atomic E-state index is 11.7. The minimum absolute atomic E-state index is 0.0388. The van der Waals surface area contributed by atoms with Crippen molar-refractivity contribution in [1.29, 1.82) is 0 Å². The first kappa shape index (κ1) is 47.1. The number of anilines is 1. The number of imidazole rings is 1. The van der Waals surface area contributed by atoms with Crippen LogP contribution in [0, 0.1) is 0 Å². The number of nitrogens with two attached hydrogens (primary N) is 1. The number of ether oxygens (including phenoxy) is 1. The third-order valence-corrected chi connectivity index (χ3v) is 5.93. The van der Waals surface area contributed by atoms with Crippen molar-refractivity contribution in [2.45, 2.75) is 75.7 Å². The summed E-state index contributed by atoms with van der Waals surface area (Å²) < 4.78 is 33.3. The van der Waals surface area contributed by atoms with Crippen LogP contribution in [0.15, 0.2) is 11.1 Å². The molecule has 6 atom stereocenters. The Morgan fingerprint density at radius 1 is 0.920 bits per heavy atom. The Labute approximate surface area is 280 Å². The van der Waals surface area contributed by atoms with Gasteiger partial charge in [-0.05, 0) is 19.8 Å².